The number of hydrogen-bond donors (Lipinski definition) is 2. The molecule has 1 amide bonds. The van der Waals surface area contributed by atoms with Gasteiger partial charge in [-0.15, -0.1) is 0 Å². The van der Waals surface area contributed by atoms with Gasteiger partial charge in [0, 0.05) is 18.4 Å². The summed E-state index contributed by atoms with van der Waals surface area (Å²) in [4.78, 5) is 23.2. The van der Waals surface area contributed by atoms with Crippen LogP contribution in [0.3, 0.4) is 0 Å². The lowest BCUT2D eigenvalue weighted by Crippen LogP contribution is -2.29. The Balaban J connectivity index is 1.55. The topological polar surface area (TPSA) is 79.5 Å². The van der Waals surface area contributed by atoms with Crippen LogP contribution in [0.25, 0.3) is 11.0 Å². The van der Waals surface area contributed by atoms with Crippen LogP contribution >= 0.6 is 0 Å². The van der Waals surface area contributed by atoms with E-state index in [4.69, 9.17) is 9.52 Å². The van der Waals surface area contributed by atoms with Gasteiger partial charge in [-0.3, -0.25) is 9.59 Å². The number of furan rings is 1. The summed E-state index contributed by atoms with van der Waals surface area (Å²) in [6.45, 7) is 4.07. The van der Waals surface area contributed by atoms with Crippen molar-refractivity contribution in [2.24, 2.45) is 17.3 Å². The van der Waals surface area contributed by atoms with E-state index in [1.54, 1.807) is 0 Å². The summed E-state index contributed by atoms with van der Waals surface area (Å²) in [5.74, 6) is -1.30. The molecule has 2 N–H and O–H groups in total. The number of carboxylic acid groups (broad SMARTS) is 1. The molecular formula is C17H19NO4. The van der Waals surface area contributed by atoms with Crippen LogP contribution in [0, 0.1) is 17.3 Å². The van der Waals surface area contributed by atoms with E-state index in [9.17, 15) is 9.59 Å². The number of rotatable bonds is 5. The van der Waals surface area contributed by atoms with Crippen molar-refractivity contribution in [3.05, 3.63) is 36.1 Å². The van der Waals surface area contributed by atoms with Crippen LogP contribution in [0.5, 0.6) is 0 Å². The third kappa shape index (κ3) is 2.47. The number of nitrogens with one attached hydrogen (secondary N) is 1. The second-order valence-electron chi connectivity index (χ2n) is 6.41. The molecule has 1 aromatic carbocycles. The smallest absolute Gasteiger partial charge is 0.307 e. The predicted molar refractivity (Wildman–Crippen MR) is 81.3 cm³/mol. The zero-order valence-electron chi connectivity index (χ0n) is 12.6. The first kappa shape index (κ1) is 14.6. The van der Waals surface area contributed by atoms with Gasteiger partial charge in [0.2, 0.25) is 5.91 Å². The van der Waals surface area contributed by atoms with E-state index >= 15 is 0 Å². The predicted octanol–water partition coefficient (Wildman–Crippen LogP) is 2.45. The summed E-state index contributed by atoms with van der Waals surface area (Å²) in [6, 6.07) is 9.71. The van der Waals surface area contributed by atoms with Crippen LogP contribution in [0.15, 0.2) is 34.7 Å². The van der Waals surface area contributed by atoms with Crippen LogP contribution in [-0.2, 0) is 16.0 Å². The van der Waals surface area contributed by atoms with Crippen molar-refractivity contribution in [3.8, 4) is 0 Å². The standard InChI is InChI=1S/C17H19NO4/c1-17(2)13(14(17)16(20)21)15(19)18-8-7-11-9-10-5-3-4-6-12(10)22-11/h3-6,9,13-14H,7-8H2,1-2H3,(H,18,19)(H,20,21)/t13-,14+/m1/s1. The fourth-order valence-electron chi connectivity index (χ4n) is 3.17. The Hall–Kier alpha value is -2.30. The first-order valence-corrected chi connectivity index (χ1v) is 7.39. The van der Waals surface area contributed by atoms with Gasteiger partial charge in [0.25, 0.3) is 0 Å². The monoisotopic (exact) mass is 301 g/mol. The number of hydrogen-bond acceptors (Lipinski definition) is 3. The second kappa shape index (κ2) is 5.16. The maximum atomic E-state index is 12.1. The number of benzene rings is 1. The van der Waals surface area contributed by atoms with Crippen molar-refractivity contribution in [1.29, 1.82) is 0 Å². The van der Waals surface area contributed by atoms with Gasteiger partial charge < -0.3 is 14.8 Å². The van der Waals surface area contributed by atoms with Crippen molar-refractivity contribution >= 4 is 22.8 Å². The molecule has 2 aromatic rings. The van der Waals surface area contributed by atoms with Crippen LogP contribution < -0.4 is 5.32 Å². The third-order valence-electron chi connectivity index (χ3n) is 4.52. The number of fused-ring (bicyclic) bond motifs is 1. The number of carbonyl (C=O) groups excluding carboxylic acids is 1. The summed E-state index contributed by atoms with van der Waals surface area (Å²) >= 11 is 0. The summed E-state index contributed by atoms with van der Waals surface area (Å²) in [5, 5.41) is 13.0. The summed E-state index contributed by atoms with van der Waals surface area (Å²) in [5.41, 5.74) is 0.369. The van der Waals surface area contributed by atoms with E-state index in [0.717, 1.165) is 16.7 Å². The molecule has 2 atom stereocenters. The Labute approximate surface area is 128 Å². The van der Waals surface area contributed by atoms with Gasteiger partial charge in [0.05, 0.1) is 11.8 Å². The van der Waals surface area contributed by atoms with Gasteiger partial charge in [-0.05, 0) is 17.5 Å². The van der Waals surface area contributed by atoms with Crippen LogP contribution in [0.1, 0.15) is 19.6 Å². The van der Waals surface area contributed by atoms with Crippen molar-refractivity contribution in [3.63, 3.8) is 0 Å². The summed E-state index contributed by atoms with van der Waals surface area (Å²) in [6.07, 6.45) is 0.589. The summed E-state index contributed by atoms with van der Waals surface area (Å²) < 4.78 is 5.68. The maximum Gasteiger partial charge on any atom is 0.307 e. The molecule has 0 unspecified atom stereocenters. The fraction of sp³-hybridized carbons (Fsp3) is 0.412. The maximum absolute atomic E-state index is 12.1. The van der Waals surface area contributed by atoms with Crippen molar-refractivity contribution in [2.75, 3.05) is 6.54 Å². The van der Waals surface area contributed by atoms with Crippen LogP contribution in [0.4, 0.5) is 0 Å². The molecule has 0 aliphatic heterocycles. The van der Waals surface area contributed by atoms with Gasteiger partial charge in [0.1, 0.15) is 11.3 Å². The molecule has 5 heteroatoms. The Morgan fingerprint density at radius 2 is 2.00 bits per heavy atom. The van der Waals surface area contributed by atoms with Gasteiger partial charge in [-0.2, -0.15) is 0 Å². The fourth-order valence-corrected chi connectivity index (χ4v) is 3.17. The van der Waals surface area contributed by atoms with Gasteiger partial charge in [-0.1, -0.05) is 32.0 Å². The van der Waals surface area contributed by atoms with Gasteiger partial charge >= 0.3 is 5.97 Å². The lowest BCUT2D eigenvalue weighted by molar-refractivity contribution is -0.140. The average molecular weight is 301 g/mol. The molecule has 3 rings (SSSR count). The number of aliphatic carboxylic acids is 1. The molecule has 1 fully saturated rings. The zero-order chi connectivity index (χ0) is 15.9. The SMILES string of the molecule is CC1(C)[C@H](C(=O)O)[C@@H]1C(=O)NCCc1cc2ccccc2o1. The van der Waals surface area contributed by atoms with Crippen molar-refractivity contribution < 1.29 is 19.1 Å². The Morgan fingerprint density at radius 3 is 2.64 bits per heavy atom. The molecule has 0 saturated heterocycles. The molecule has 1 heterocycles. The normalized spacial score (nSPS) is 22.5. The highest BCUT2D eigenvalue weighted by Gasteiger charge is 2.65. The van der Waals surface area contributed by atoms with E-state index in [1.807, 2.05) is 44.2 Å². The minimum Gasteiger partial charge on any atom is -0.481 e. The number of carboxylic acids is 1. The van der Waals surface area contributed by atoms with Gasteiger partial charge in [0.15, 0.2) is 0 Å². The minimum absolute atomic E-state index is 0.187. The average Bonchev–Trinajstić information content (AvgIpc) is 2.84. The minimum atomic E-state index is -0.901. The highest BCUT2D eigenvalue weighted by atomic mass is 16.4. The second-order valence-corrected chi connectivity index (χ2v) is 6.41. The number of amides is 1. The summed E-state index contributed by atoms with van der Waals surface area (Å²) in [7, 11) is 0. The molecule has 1 aromatic heterocycles. The quantitative estimate of drug-likeness (QED) is 0.889. The van der Waals surface area contributed by atoms with Crippen LogP contribution in [0.2, 0.25) is 0 Å². The molecule has 1 saturated carbocycles. The first-order chi connectivity index (χ1) is 10.4. The van der Waals surface area contributed by atoms with Crippen LogP contribution in [-0.4, -0.2) is 23.5 Å². The van der Waals surface area contributed by atoms with E-state index < -0.39 is 23.2 Å². The molecule has 22 heavy (non-hydrogen) atoms. The lowest BCUT2D eigenvalue weighted by Gasteiger charge is -2.04. The van der Waals surface area contributed by atoms with Crippen molar-refractivity contribution in [1.82, 2.24) is 5.32 Å². The first-order valence-electron chi connectivity index (χ1n) is 7.39. The molecule has 116 valence electrons. The Bertz CT molecular complexity index is 698. The van der Waals surface area contributed by atoms with E-state index in [2.05, 4.69) is 5.32 Å². The number of para-hydroxylation sites is 1. The van der Waals surface area contributed by atoms with E-state index in [0.29, 0.717) is 13.0 Å². The molecular weight excluding hydrogens is 282 g/mol. The Kier molecular flexibility index (Phi) is 3.43. The van der Waals surface area contributed by atoms with Crippen molar-refractivity contribution in [2.45, 2.75) is 20.3 Å². The Morgan fingerprint density at radius 1 is 1.27 bits per heavy atom. The molecule has 5 nitrogen and oxygen atoms in total. The van der Waals surface area contributed by atoms with E-state index in [-0.39, 0.29) is 5.91 Å². The molecule has 0 spiro atoms. The molecule has 0 radical (unpaired) electrons. The largest absolute Gasteiger partial charge is 0.481 e. The molecule has 1 aliphatic rings. The zero-order valence-corrected chi connectivity index (χ0v) is 12.6. The lowest BCUT2D eigenvalue weighted by atomic mass is 10.1. The van der Waals surface area contributed by atoms with E-state index in [1.165, 1.54) is 0 Å². The molecule has 0 bridgehead atoms. The molecule has 1 aliphatic carbocycles. The highest BCUT2D eigenvalue weighted by Crippen LogP contribution is 2.58. The van der Waals surface area contributed by atoms with Gasteiger partial charge in [-0.25, -0.2) is 0 Å². The third-order valence-corrected chi connectivity index (χ3v) is 4.52. The highest BCUT2D eigenvalue weighted by molar-refractivity contribution is 5.91. The number of carbonyl (C=O) groups is 2.